The Bertz CT molecular complexity index is 410. The van der Waals surface area contributed by atoms with Crippen LogP contribution in [-0.4, -0.2) is 11.4 Å². The molecule has 1 aromatic rings. The molecule has 15 heavy (non-hydrogen) atoms. The lowest BCUT2D eigenvalue weighted by molar-refractivity contribution is 0.0935. The van der Waals surface area contributed by atoms with Crippen LogP contribution >= 0.6 is 11.6 Å². The largest absolute Gasteiger partial charge is 0.347 e. The summed E-state index contributed by atoms with van der Waals surface area (Å²) in [5, 5.41) is 3.51. The van der Waals surface area contributed by atoms with Crippen molar-refractivity contribution in [3.8, 4) is 0 Å². The predicted octanol–water partition coefficient (Wildman–Crippen LogP) is 2.93. The molecular formula is C12H14ClNO. The molecule has 2 nitrogen and oxygen atoms in total. The van der Waals surface area contributed by atoms with E-state index in [0.717, 1.165) is 18.4 Å². The zero-order valence-electron chi connectivity index (χ0n) is 8.93. The third-order valence-electron chi connectivity index (χ3n) is 2.78. The van der Waals surface area contributed by atoms with Crippen molar-refractivity contribution in [3.63, 3.8) is 0 Å². The van der Waals surface area contributed by atoms with Gasteiger partial charge in [-0.25, -0.2) is 0 Å². The zero-order valence-corrected chi connectivity index (χ0v) is 9.69. The summed E-state index contributed by atoms with van der Waals surface area (Å²) < 4.78 is 0. The van der Waals surface area contributed by atoms with Crippen molar-refractivity contribution in [2.75, 3.05) is 0 Å². The summed E-state index contributed by atoms with van der Waals surface area (Å²) in [7, 11) is 0. The summed E-state index contributed by atoms with van der Waals surface area (Å²) >= 11 is 5.98. The Kier molecular flexibility index (Phi) is 2.47. The Balaban J connectivity index is 2.21. The quantitative estimate of drug-likeness (QED) is 0.821. The van der Waals surface area contributed by atoms with Gasteiger partial charge in [0, 0.05) is 5.54 Å². The van der Waals surface area contributed by atoms with E-state index in [1.54, 1.807) is 6.07 Å². The second kappa shape index (κ2) is 3.53. The SMILES string of the molecule is Cc1ccc(Cl)c(C(=O)NC2(C)CC2)c1. The molecule has 0 aromatic heterocycles. The average molecular weight is 224 g/mol. The maximum absolute atomic E-state index is 11.9. The highest BCUT2D eigenvalue weighted by atomic mass is 35.5. The minimum atomic E-state index is -0.0660. The molecule has 0 bridgehead atoms. The van der Waals surface area contributed by atoms with E-state index in [1.165, 1.54) is 0 Å². The highest BCUT2D eigenvalue weighted by molar-refractivity contribution is 6.33. The monoisotopic (exact) mass is 223 g/mol. The van der Waals surface area contributed by atoms with Gasteiger partial charge in [0.15, 0.2) is 0 Å². The lowest BCUT2D eigenvalue weighted by Crippen LogP contribution is -2.34. The van der Waals surface area contributed by atoms with Crippen LogP contribution in [0, 0.1) is 6.92 Å². The van der Waals surface area contributed by atoms with E-state index in [4.69, 9.17) is 11.6 Å². The molecule has 0 atom stereocenters. The Morgan fingerprint density at radius 1 is 1.47 bits per heavy atom. The van der Waals surface area contributed by atoms with Crippen molar-refractivity contribution in [1.29, 1.82) is 0 Å². The van der Waals surface area contributed by atoms with Crippen molar-refractivity contribution in [2.24, 2.45) is 0 Å². The molecule has 0 saturated heterocycles. The van der Waals surface area contributed by atoms with Crippen LogP contribution in [0.3, 0.4) is 0 Å². The van der Waals surface area contributed by atoms with E-state index >= 15 is 0 Å². The molecule has 1 amide bonds. The third kappa shape index (κ3) is 2.32. The lowest BCUT2D eigenvalue weighted by atomic mass is 10.1. The van der Waals surface area contributed by atoms with Crippen molar-refractivity contribution in [2.45, 2.75) is 32.2 Å². The standard InChI is InChI=1S/C12H14ClNO/c1-8-3-4-10(13)9(7-8)11(15)14-12(2)5-6-12/h3-4,7H,5-6H2,1-2H3,(H,14,15). The lowest BCUT2D eigenvalue weighted by Gasteiger charge is -2.12. The maximum Gasteiger partial charge on any atom is 0.253 e. The molecule has 1 aromatic carbocycles. The van der Waals surface area contributed by atoms with Crippen LogP contribution in [0.15, 0.2) is 18.2 Å². The Hall–Kier alpha value is -1.02. The third-order valence-corrected chi connectivity index (χ3v) is 3.11. The molecule has 0 unspecified atom stereocenters. The van der Waals surface area contributed by atoms with E-state index < -0.39 is 0 Å². The van der Waals surface area contributed by atoms with E-state index in [-0.39, 0.29) is 11.4 Å². The summed E-state index contributed by atoms with van der Waals surface area (Å²) in [4.78, 5) is 11.9. The first kappa shape index (κ1) is 10.5. The zero-order chi connectivity index (χ0) is 11.1. The van der Waals surface area contributed by atoms with Crippen LogP contribution < -0.4 is 5.32 Å². The normalized spacial score (nSPS) is 17.3. The number of carbonyl (C=O) groups excluding carboxylic acids is 1. The first-order valence-corrected chi connectivity index (χ1v) is 5.47. The van der Waals surface area contributed by atoms with Gasteiger partial charge in [0.2, 0.25) is 0 Å². The van der Waals surface area contributed by atoms with Gasteiger partial charge in [-0.15, -0.1) is 0 Å². The van der Waals surface area contributed by atoms with Gasteiger partial charge < -0.3 is 5.32 Å². The Morgan fingerprint density at radius 2 is 2.13 bits per heavy atom. The predicted molar refractivity (Wildman–Crippen MR) is 61.3 cm³/mol. The Morgan fingerprint density at radius 3 is 2.73 bits per heavy atom. The van der Waals surface area contributed by atoms with Gasteiger partial charge in [-0.1, -0.05) is 23.2 Å². The topological polar surface area (TPSA) is 29.1 Å². The molecule has 80 valence electrons. The summed E-state index contributed by atoms with van der Waals surface area (Å²) in [5.74, 6) is -0.0660. The summed E-state index contributed by atoms with van der Waals surface area (Å²) in [6.07, 6.45) is 2.12. The molecule has 2 rings (SSSR count). The van der Waals surface area contributed by atoms with Gasteiger partial charge in [0.05, 0.1) is 10.6 Å². The molecule has 1 aliphatic rings. The number of aryl methyl sites for hydroxylation is 1. The number of benzene rings is 1. The van der Waals surface area contributed by atoms with Crippen molar-refractivity contribution in [3.05, 3.63) is 34.3 Å². The van der Waals surface area contributed by atoms with Gasteiger partial charge in [-0.05, 0) is 38.8 Å². The van der Waals surface area contributed by atoms with Crippen LogP contribution in [0.5, 0.6) is 0 Å². The van der Waals surface area contributed by atoms with Crippen LogP contribution in [0.4, 0.5) is 0 Å². The molecule has 1 saturated carbocycles. The minimum Gasteiger partial charge on any atom is -0.347 e. The number of hydrogen-bond acceptors (Lipinski definition) is 1. The molecule has 1 fully saturated rings. The first-order valence-electron chi connectivity index (χ1n) is 5.09. The smallest absolute Gasteiger partial charge is 0.253 e. The number of nitrogens with one attached hydrogen (secondary N) is 1. The number of halogens is 1. The molecular weight excluding hydrogens is 210 g/mol. The highest BCUT2D eigenvalue weighted by Gasteiger charge is 2.39. The average Bonchev–Trinajstić information content (AvgIpc) is 2.87. The van der Waals surface area contributed by atoms with Gasteiger partial charge in [0.1, 0.15) is 0 Å². The number of amides is 1. The van der Waals surface area contributed by atoms with Gasteiger partial charge in [0.25, 0.3) is 5.91 Å². The Labute approximate surface area is 94.6 Å². The van der Waals surface area contributed by atoms with Gasteiger partial charge in [-0.3, -0.25) is 4.79 Å². The van der Waals surface area contributed by atoms with Crippen molar-refractivity contribution >= 4 is 17.5 Å². The van der Waals surface area contributed by atoms with Crippen LogP contribution in [0.1, 0.15) is 35.7 Å². The second-order valence-corrected chi connectivity index (χ2v) is 4.91. The highest BCUT2D eigenvalue weighted by Crippen LogP contribution is 2.34. The number of carbonyl (C=O) groups is 1. The van der Waals surface area contributed by atoms with Crippen LogP contribution in [0.25, 0.3) is 0 Å². The fourth-order valence-electron chi connectivity index (χ4n) is 1.47. The molecule has 1 aliphatic carbocycles. The molecule has 1 N–H and O–H groups in total. The van der Waals surface area contributed by atoms with E-state index in [2.05, 4.69) is 12.2 Å². The summed E-state index contributed by atoms with van der Waals surface area (Å²) in [6.45, 7) is 4.00. The summed E-state index contributed by atoms with van der Waals surface area (Å²) in [5.41, 5.74) is 1.62. The number of rotatable bonds is 2. The fraction of sp³-hybridized carbons (Fsp3) is 0.417. The van der Waals surface area contributed by atoms with Crippen LogP contribution in [-0.2, 0) is 0 Å². The molecule has 0 spiro atoms. The van der Waals surface area contributed by atoms with Gasteiger partial charge >= 0.3 is 0 Å². The summed E-state index contributed by atoms with van der Waals surface area (Å²) in [6, 6.07) is 5.49. The van der Waals surface area contributed by atoms with Crippen molar-refractivity contribution in [1.82, 2.24) is 5.32 Å². The van der Waals surface area contributed by atoms with E-state index in [9.17, 15) is 4.79 Å². The second-order valence-electron chi connectivity index (χ2n) is 4.50. The first-order chi connectivity index (χ1) is 7.00. The molecule has 0 radical (unpaired) electrons. The fourth-order valence-corrected chi connectivity index (χ4v) is 1.67. The van der Waals surface area contributed by atoms with E-state index in [1.807, 2.05) is 19.1 Å². The molecule has 0 heterocycles. The van der Waals surface area contributed by atoms with Crippen molar-refractivity contribution < 1.29 is 4.79 Å². The maximum atomic E-state index is 11.9. The van der Waals surface area contributed by atoms with E-state index in [0.29, 0.717) is 10.6 Å². The molecule has 0 aliphatic heterocycles. The minimum absolute atomic E-state index is 0.00413. The van der Waals surface area contributed by atoms with Gasteiger partial charge in [-0.2, -0.15) is 0 Å². The molecule has 3 heteroatoms. The number of hydrogen-bond donors (Lipinski definition) is 1. The van der Waals surface area contributed by atoms with Crippen LogP contribution in [0.2, 0.25) is 5.02 Å².